The van der Waals surface area contributed by atoms with Gasteiger partial charge in [-0.3, -0.25) is 9.59 Å². The van der Waals surface area contributed by atoms with Crippen molar-refractivity contribution in [3.05, 3.63) is 0 Å². The summed E-state index contributed by atoms with van der Waals surface area (Å²) in [7, 11) is 0. The first-order valence-electron chi connectivity index (χ1n) is 6.86. The van der Waals surface area contributed by atoms with Crippen molar-refractivity contribution >= 4 is 23.9 Å². The zero-order valence-corrected chi connectivity index (χ0v) is 13.5. The third-order valence-corrected chi connectivity index (χ3v) is 2.76. The van der Waals surface area contributed by atoms with Gasteiger partial charge < -0.3 is 41.2 Å². The van der Waals surface area contributed by atoms with Crippen molar-refractivity contribution in [3.63, 3.8) is 0 Å². The van der Waals surface area contributed by atoms with Gasteiger partial charge in [0.1, 0.15) is 0 Å². The molecular formula is C13H24O12. The van der Waals surface area contributed by atoms with Gasteiger partial charge in [0.25, 0.3) is 5.79 Å². The zero-order valence-electron chi connectivity index (χ0n) is 13.5. The topological polar surface area (TPSA) is 241 Å². The third-order valence-electron chi connectivity index (χ3n) is 2.76. The van der Waals surface area contributed by atoms with Crippen LogP contribution in [0.1, 0.15) is 45.4 Å². The summed E-state index contributed by atoms with van der Waals surface area (Å²) in [6.07, 6.45) is -0.124. The lowest BCUT2D eigenvalue weighted by molar-refractivity contribution is -0.205. The van der Waals surface area contributed by atoms with E-state index in [0.29, 0.717) is 6.42 Å². The van der Waals surface area contributed by atoms with Crippen LogP contribution in [0, 0.1) is 0 Å². The Morgan fingerprint density at radius 1 is 0.760 bits per heavy atom. The molecule has 0 bridgehead atoms. The maximum absolute atomic E-state index is 10.3. The van der Waals surface area contributed by atoms with Gasteiger partial charge in [0.2, 0.25) is 0 Å². The number of carboxylic acid groups (broad SMARTS) is 4. The number of hydrogen-bond donors (Lipinski definition) is 7. The molecule has 0 heterocycles. The first kappa shape index (κ1) is 27.6. The van der Waals surface area contributed by atoms with E-state index >= 15 is 0 Å². The molecule has 0 aromatic heterocycles. The molecule has 0 aromatic rings. The molecule has 12 heteroatoms. The normalized spacial score (nSPS) is 10.7. The quantitative estimate of drug-likeness (QED) is 0.167. The van der Waals surface area contributed by atoms with E-state index in [1.807, 2.05) is 6.92 Å². The predicted octanol–water partition coefficient (Wildman–Crippen LogP) is -1.74. The summed E-state index contributed by atoms with van der Waals surface area (Å²) >= 11 is 0. The van der Waals surface area contributed by atoms with Crippen LogP contribution in [0.15, 0.2) is 0 Å². The molecule has 0 aromatic carbocycles. The number of unbranched alkanes of at least 4 members (excludes halogenated alkanes) is 2. The highest BCUT2D eigenvalue weighted by molar-refractivity contribution is 5.88. The highest BCUT2D eigenvalue weighted by Crippen LogP contribution is 2.15. The van der Waals surface area contributed by atoms with Gasteiger partial charge in [-0.25, -0.2) is 9.59 Å². The van der Waals surface area contributed by atoms with E-state index < -0.39 is 48.1 Å². The average Bonchev–Trinajstić information content (AvgIpc) is 2.37. The molecule has 0 saturated heterocycles. The molecule has 0 aliphatic heterocycles. The van der Waals surface area contributed by atoms with Crippen LogP contribution < -0.4 is 0 Å². The smallest absolute Gasteiger partial charge is 0.364 e. The molecule has 0 amide bonds. The van der Waals surface area contributed by atoms with E-state index in [9.17, 15) is 19.2 Å². The Hall–Kier alpha value is -2.28. The summed E-state index contributed by atoms with van der Waals surface area (Å²) in [6.45, 7) is 1.96. The van der Waals surface area contributed by atoms with Crippen molar-refractivity contribution < 1.29 is 60.4 Å². The molecule has 0 rings (SSSR count). The Bertz CT molecular complexity index is 440. The molecule has 9 N–H and O–H groups in total. The minimum absolute atomic E-state index is 0. The van der Waals surface area contributed by atoms with Crippen LogP contribution in [-0.4, -0.2) is 76.5 Å². The van der Waals surface area contributed by atoms with Gasteiger partial charge in [0.15, 0.2) is 5.60 Å². The molecule has 0 spiro atoms. The summed E-state index contributed by atoms with van der Waals surface area (Å²) < 4.78 is 0. The van der Waals surface area contributed by atoms with Crippen LogP contribution in [-0.2, 0) is 19.2 Å². The fourth-order valence-corrected chi connectivity index (χ4v) is 1.44. The fraction of sp³-hybridized carbons (Fsp3) is 0.692. The zero-order chi connectivity index (χ0) is 19.6. The van der Waals surface area contributed by atoms with Crippen LogP contribution in [0.2, 0.25) is 0 Å². The maximum Gasteiger partial charge on any atom is 0.364 e. The largest absolute Gasteiger partial charge is 0.481 e. The summed E-state index contributed by atoms with van der Waals surface area (Å²) in [5.74, 6) is -9.13. The molecule has 0 radical (unpaired) electrons. The van der Waals surface area contributed by atoms with Crippen molar-refractivity contribution in [1.29, 1.82) is 0 Å². The Kier molecular flexibility index (Phi) is 13.4. The number of aliphatic carboxylic acids is 4. The molecule has 25 heavy (non-hydrogen) atoms. The first-order chi connectivity index (χ1) is 10.8. The number of aliphatic hydroxyl groups is 3. The van der Waals surface area contributed by atoms with E-state index in [2.05, 4.69) is 0 Å². The number of rotatable bonds is 10. The molecule has 0 aliphatic carbocycles. The predicted molar refractivity (Wildman–Crippen MR) is 79.7 cm³/mol. The van der Waals surface area contributed by atoms with Crippen molar-refractivity contribution in [1.82, 2.24) is 0 Å². The monoisotopic (exact) mass is 372 g/mol. The molecule has 148 valence electrons. The Morgan fingerprint density at radius 2 is 1.16 bits per heavy atom. The molecule has 0 fully saturated rings. The van der Waals surface area contributed by atoms with Crippen LogP contribution in [0.25, 0.3) is 0 Å². The highest BCUT2D eigenvalue weighted by atomic mass is 16.5. The van der Waals surface area contributed by atoms with Crippen LogP contribution in [0.3, 0.4) is 0 Å². The second-order valence-corrected chi connectivity index (χ2v) is 5.06. The van der Waals surface area contributed by atoms with Gasteiger partial charge in [-0.05, 0) is 6.42 Å². The van der Waals surface area contributed by atoms with E-state index in [1.165, 1.54) is 0 Å². The second kappa shape index (κ2) is 12.1. The standard InChI is InChI=1S/C7H14O4.C6H8O7.H2O/c1-2-3-4-5-7(10,11)6(8)9;7-3(8)1-6(13,5(11)12)2-4(9)10;/h10-11H,2-5H2,1H3,(H,8,9);13H,1-2H2,(H,7,8)(H,9,10)(H,11,12);1H2. The Balaban J connectivity index is -0.000000377. The van der Waals surface area contributed by atoms with Crippen LogP contribution >= 0.6 is 0 Å². The lowest BCUT2D eigenvalue weighted by Crippen LogP contribution is -2.42. The number of carbonyl (C=O) groups is 4. The Labute approximate surface area is 142 Å². The third kappa shape index (κ3) is 12.8. The highest BCUT2D eigenvalue weighted by Gasteiger charge is 2.40. The van der Waals surface area contributed by atoms with Gasteiger partial charge in [-0.15, -0.1) is 0 Å². The van der Waals surface area contributed by atoms with Crippen molar-refractivity contribution in [2.24, 2.45) is 0 Å². The molecule has 12 nitrogen and oxygen atoms in total. The second-order valence-electron chi connectivity index (χ2n) is 5.06. The van der Waals surface area contributed by atoms with Gasteiger partial charge >= 0.3 is 23.9 Å². The molecule has 0 aliphatic rings. The SMILES string of the molecule is CCCCCC(O)(O)C(=O)O.O.O=C(O)CC(O)(CC(=O)O)C(=O)O. The summed E-state index contributed by atoms with van der Waals surface area (Å²) in [4.78, 5) is 40.6. The van der Waals surface area contributed by atoms with Gasteiger partial charge in [-0.1, -0.05) is 19.8 Å². The van der Waals surface area contributed by atoms with E-state index in [0.717, 1.165) is 12.8 Å². The summed E-state index contributed by atoms with van der Waals surface area (Å²) in [5, 5.41) is 59.6. The first-order valence-corrected chi connectivity index (χ1v) is 6.86. The summed E-state index contributed by atoms with van der Waals surface area (Å²) in [5.41, 5.74) is -2.74. The molecule has 0 unspecified atom stereocenters. The van der Waals surface area contributed by atoms with Crippen LogP contribution in [0.4, 0.5) is 0 Å². The Morgan fingerprint density at radius 3 is 1.40 bits per heavy atom. The number of hydrogen-bond acceptors (Lipinski definition) is 7. The maximum atomic E-state index is 10.3. The van der Waals surface area contributed by atoms with Crippen molar-refractivity contribution in [2.45, 2.75) is 56.8 Å². The minimum Gasteiger partial charge on any atom is -0.481 e. The van der Waals surface area contributed by atoms with Crippen LogP contribution in [0.5, 0.6) is 0 Å². The van der Waals surface area contributed by atoms with E-state index in [4.69, 9.17) is 35.7 Å². The molecule has 0 atom stereocenters. The summed E-state index contributed by atoms with van der Waals surface area (Å²) in [6, 6.07) is 0. The average molecular weight is 372 g/mol. The van der Waals surface area contributed by atoms with Gasteiger partial charge in [0, 0.05) is 6.42 Å². The van der Waals surface area contributed by atoms with Gasteiger partial charge in [-0.2, -0.15) is 0 Å². The van der Waals surface area contributed by atoms with Gasteiger partial charge in [0.05, 0.1) is 12.8 Å². The van der Waals surface area contributed by atoms with E-state index in [1.54, 1.807) is 0 Å². The lowest BCUT2D eigenvalue weighted by Gasteiger charge is -2.18. The van der Waals surface area contributed by atoms with Crippen molar-refractivity contribution in [2.75, 3.05) is 0 Å². The molecular weight excluding hydrogens is 348 g/mol. The lowest BCUT2D eigenvalue weighted by atomic mass is 9.96. The minimum atomic E-state index is -2.74. The molecule has 0 saturated carbocycles. The fourth-order valence-electron chi connectivity index (χ4n) is 1.44. The van der Waals surface area contributed by atoms with E-state index in [-0.39, 0.29) is 11.9 Å². The van der Waals surface area contributed by atoms with Crippen molar-refractivity contribution in [3.8, 4) is 0 Å². The number of carboxylic acids is 4.